The van der Waals surface area contributed by atoms with Crippen molar-refractivity contribution in [1.29, 1.82) is 0 Å². The minimum atomic E-state index is -10.7. The summed E-state index contributed by atoms with van der Waals surface area (Å²) in [4.78, 5) is 1.51. The van der Waals surface area contributed by atoms with Gasteiger partial charge in [-0.3, -0.25) is 0 Å². The summed E-state index contributed by atoms with van der Waals surface area (Å²) in [5.74, 6) is 0. The van der Waals surface area contributed by atoms with Crippen molar-refractivity contribution < 1.29 is 55.7 Å². The van der Waals surface area contributed by atoms with Crippen LogP contribution in [0.3, 0.4) is 0 Å². The van der Waals surface area contributed by atoms with E-state index < -0.39 is 15.1 Å². The molecule has 4 aliphatic carbocycles. The Morgan fingerprint density at radius 1 is 0.556 bits per heavy atom. The minimum absolute atomic E-state index is 0.0745. The van der Waals surface area contributed by atoms with Gasteiger partial charge in [0.2, 0.25) is 0 Å². The average Bonchev–Trinajstić information content (AvgIpc) is 3.44. The van der Waals surface area contributed by atoms with Crippen molar-refractivity contribution in [1.82, 2.24) is 0 Å². The monoisotopic (exact) mass is 618 g/mol. The van der Waals surface area contributed by atoms with E-state index in [1.165, 1.54) is 38.5 Å². The molecule has 0 amide bonds. The van der Waals surface area contributed by atoms with Gasteiger partial charge in [-0.1, -0.05) is 0 Å². The second-order valence-electron chi connectivity index (χ2n) is 9.01. The van der Waals surface area contributed by atoms with Gasteiger partial charge in [0, 0.05) is 0 Å². The van der Waals surface area contributed by atoms with Crippen molar-refractivity contribution >= 4 is 21.7 Å². The molecule has 0 aromatic carbocycles. The predicted octanol–water partition coefficient (Wildman–Crippen LogP) is 12.2. The van der Waals surface area contributed by atoms with Gasteiger partial charge >= 0.3 is 194 Å². The summed E-state index contributed by atoms with van der Waals surface area (Å²) in [7, 11) is -16.7. The molecule has 0 aromatic rings. The van der Waals surface area contributed by atoms with Crippen LogP contribution in [0, 0.1) is 0 Å². The van der Waals surface area contributed by atoms with E-state index in [-0.39, 0.29) is 19.9 Å². The van der Waals surface area contributed by atoms with E-state index >= 15 is 0 Å². The molecular formula is C22H32BCoF10P2-2. The van der Waals surface area contributed by atoms with E-state index in [2.05, 4.69) is 48.6 Å². The fraction of sp³-hybridized carbons (Fsp3) is 0.636. The van der Waals surface area contributed by atoms with Crippen molar-refractivity contribution in [3.05, 3.63) is 48.6 Å². The quantitative estimate of drug-likeness (QED) is 0.163. The summed E-state index contributed by atoms with van der Waals surface area (Å²) in [5, 5.41) is 0. The van der Waals surface area contributed by atoms with Crippen LogP contribution in [0.5, 0.6) is 0 Å². The SMILES string of the molecule is C1=C[CH]([Co]([CH]2C=CC=C2)[P](C2CCCCC2)C2CCCCC2)C=C1.F[B-](F)(F)F.F[P-](F)(F)(F)(F)F. The van der Waals surface area contributed by atoms with Crippen molar-refractivity contribution in [2.24, 2.45) is 0 Å². The van der Waals surface area contributed by atoms with E-state index in [1.807, 2.05) is 0 Å². The molecule has 2 saturated carbocycles. The molecule has 0 aromatic heterocycles. The third kappa shape index (κ3) is 14.6. The van der Waals surface area contributed by atoms with E-state index in [0.29, 0.717) is 0 Å². The molecule has 0 saturated heterocycles. The first kappa shape index (κ1) is 31.9. The van der Waals surface area contributed by atoms with Gasteiger partial charge in [-0.15, -0.1) is 0 Å². The van der Waals surface area contributed by atoms with Gasteiger partial charge in [0.05, 0.1) is 0 Å². The Kier molecular flexibility index (Phi) is 10.9. The number of hydrogen-bond donors (Lipinski definition) is 0. The fourth-order valence-corrected chi connectivity index (χ4v) is 17.0. The summed E-state index contributed by atoms with van der Waals surface area (Å²) in [6.45, 7) is 0.175. The molecular weight excluding hydrogens is 586 g/mol. The van der Waals surface area contributed by atoms with Gasteiger partial charge < -0.3 is 17.3 Å². The maximum absolute atomic E-state index is 10.7. The number of allylic oxidation sites excluding steroid dienone is 8. The Labute approximate surface area is 211 Å². The third-order valence-electron chi connectivity index (χ3n) is 5.84. The van der Waals surface area contributed by atoms with Crippen LogP contribution in [-0.4, -0.2) is 18.6 Å². The van der Waals surface area contributed by atoms with Gasteiger partial charge in [0.15, 0.2) is 0 Å². The molecule has 0 nitrogen and oxygen atoms in total. The molecule has 0 radical (unpaired) electrons. The molecule has 14 heteroatoms. The predicted molar refractivity (Wildman–Crippen MR) is 128 cm³/mol. The summed E-state index contributed by atoms with van der Waals surface area (Å²) in [6.07, 6.45) is 34.6. The molecule has 0 atom stereocenters. The summed E-state index contributed by atoms with van der Waals surface area (Å²) >= 11 is 0.0745. The topological polar surface area (TPSA) is 0 Å². The zero-order valence-electron chi connectivity index (χ0n) is 19.6. The van der Waals surface area contributed by atoms with Crippen LogP contribution in [0.25, 0.3) is 0 Å². The molecule has 0 bridgehead atoms. The Balaban J connectivity index is 0.000000319. The van der Waals surface area contributed by atoms with Crippen molar-refractivity contribution in [3.63, 3.8) is 0 Å². The Bertz CT molecular complexity index is 724. The molecule has 36 heavy (non-hydrogen) atoms. The fourth-order valence-electron chi connectivity index (χ4n) is 4.64. The zero-order valence-corrected chi connectivity index (χ0v) is 22.4. The Morgan fingerprint density at radius 3 is 1.06 bits per heavy atom. The number of halogens is 10. The van der Waals surface area contributed by atoms with Gasteiger partial charge in [-0.25, -0.2) is 0 Å². The number of rotatable bonds is 5. The third-order valence-corrected chi connectivity index (χ3v) is 16.6. The van der Waals surface area contributed by atoms with E-state index in [1.54, 1.807) is 25.7 Å². The molecule has 2 fully saturated rings. The van der Waals surface area contributed by atoms with Gasteiger partial charge in [-0.2, -0.15) is 0 Å². The van der Waals surface area contributed by atoms with Crippen molar-refractivity contribution in [3.8, 4) is 0 Å². The first-order valence-electron chi connectivity index (χ1n) is 11.9. The Hall–Kier alpha value is -0.309. The van der Waals surface area contributed by atoms with Crippen LogP contribution in [0.1, 0.15) is 64.2 Å². The van der Waals surface area contributed by atoms with Gasteiger partial charge in [0.25, 0.3) is 0 Å². The standard InChI is InChI=1S/C12H22P.2C5H5.BF4.Co.F6P/c1-3-7-11(8-4-1)13-12-9-5-2-6-10-12;2*1-2-4-5-3-1;2-1(3,4)5;;1-7(2,3,4,5)6/h11-12H,1-10H2;2*1-5H;;;/q-1;;;-1;+1;-1. The second-order valence-corrected chi connectivity index (χ2v) is 18.3. The van der Waals surface area contributed by atoms with Crippen LogP contribution >= 0.6 is 14.5 Å². The molecule has 0 unspecified atom stereocenters. The van der Waals surface area contributed by atoms with E-state index in [0.717, 1.165) is 21.0 Å². The molecule has 4 rings (SSSR count). The summed E-state index contributed by atoms with van der Waals surface area (Å²) in [6, 6.07) is 0. The number of hydrogen-bond acceptors (Lipinski definition) is 0. The first-order chi connectivity index (χ1) is 16.4. The maximum atomic E-state index is 9.87. The molecule has 4 aliphatic rings. The summed E-state index contributed by atoms with van der Waals surface area (Å²) < 4.78 is 98.2. The van der Waals surface area contributed by atoms with E-state index in [4.69, 9.17) is 0 Å². The average molecular weight is 618 g/mol. The van der Waals surface area contributed by atoms with Crippen LogP contribution in [0.2, 0.25) is 9.70 Å². The molecule has 0 spiro atoms. The van der Waals surface area contributed by atoms with Crippen molar-refractivity contribution in [2.45, 2.75) is 85.2 Å². The molecule has 0 heterocycles. The van der Waals surface area contributed by atoms with Crippen LogP contribution in [0.15, 0.2) is 48.6 Å². The van der Waals surface area contributed by atoms with Crippen molar-refractivity contribution in [2.75, 3.05) is 0 Å². The second kappa shape index (κ2) is 12.3. The van der Waals surface area contributed by atoms with Gasteiger partial charge in [-0.05, 0) is 0 Å². The van der Waals surface area contributed by atoms with Crippen LogP contribution in [0.4, 0.5) is 42.4 Å². The van der Waals surface area contributed by atoms with E-state index in [9.17, 15) is 42.4 Å². The molecule has 214 valence electrons. The molecule has 0 aliphatic heterocycles. The van der Waals surface area contributed by atoms with Gasteiger partial charge in [0.1, 0.15) is 0 Å². The molecule has 0 N–H and O–H groups in total. The normalized spacial score (nSPS) is 24.1. The first-order valence-corrected chi connectivity index (χ1v) is 17.9. The summed E-state index contributed by atoms with van der Waals surface area (Å²) in [5.41, 5.74) is 2.15. The Morgan fingerprint density at radius 2 is 0.806 bits per heavy atom. The zero-order chi connectivity index (χ0) is 27.1. The van der Waals surface area contributed by atoms with Crippen LogP contribution < -0.4 is 0 Å². The van der Waals surface area contributed by atoms with Crippen LogP contribution in [-0.2, 0) is 13.2 Å².